The number of carbonyl (C=O) groups is 1. The molecule has 0 bridgehead atoms. The first kappa shape index (κ1) is 14.3. The molecule has 1 N–H and O–H groups in total. The lowest BCUT2D eigenvalue weighted by Gasteiger charge is -2.22. The maximum Gasteiger partial charge on any atom is 0.271 e. The summed E-state index contributed by atoms with van der Waals surface area (Å²) in [4.78, 5) is 12.0. The predicted molar refractivity (Wildman–Crippen MR) is 82.6 cm³/mol. The number of hydrazone groups is 1. The Kier molecular flexibility index (Phi) is 4.51. The van der Waals surface area contributed by atoms with E-state index in [9.17, 15) is 4.79 Å². The number of allylic oxidation sites excluding steroid dienone is 3. The highest BCUT2D eigenvalue weighted by molar-refractivity contribution is 6.02. The van der Waals surface area contributed by atoms with Crippen LogP contribution in [0.1, 0.15) is 37.0 Å². The first-order chi connectivity index (χ1) is 9.58. The third kappa shape index (κ3) is 3.44. The number of nitrogens with zero attached hydrogens (tertiary/aromatic N) is 1. The van der Waals surface area contributed by atoms with E-state index in [-0.39, 0.29) is 5.91 Å². The number of amides is 1. The zero-order valence-electron chi connectivity index (χ0n) is 12.0. The number of carbonyl (C=O) groups excluding carboxylic acids is 1. The second kappa shape index (κ2) is 6.33. The van der Waals surface area contributed by atoms with Crippen LogP contribution in [0.3, 0.4) is 0 Å². The lowest BCUT2D eigenvalue weighted by Crippen LogP contribution is -2.23. The summed E-state index contributed by atoms with van der Waals surface area (Å²) in [5.74, 6) is 0.245. The molecule has 0 saturated heterocycles. The van der Waals surface area contributed by atoms with Crippen LogP contribution < -0.4 is 5.43 Å². The van der Waals surface area contributed by atoms with Gasteiger partial charge in [0.25, 0.3) is 5.91 Å². The zero-order chi connectivity index (χ0) is 14.5. The standard InChI is InChI=1S/C17H20N2O/c1-12(2)15-10-9-13(3)16(11-15)18-19-17(20)14-7-5-4-6-8-14/h4-9,15H,1,10-11H2,2-3H3,(H,19,20)/b18-16-/t15-/m0/s1. The molecule has 20 heavy (non-hydrogen) atoms. The van der Waals surface area contributed by atoms with Gasteiger partial charge in [0.15, 0.2) is 0 Å². The monoisotopic (exact) mass is 268 g/mol. The summed E-state index contributed by atoms with van der Waals surface area (Å²) >= 11 is 0. The Labute approximate surface area is 120 Å². The highest BCUT2D eigenvalue weighted by Gasteiger charge is 2.18. The van der Waals surface area contributed by atoms with E-state index >= 15 is 0 Å². The smallest absolute Gasteiger partial charge is 0.267 e. The van der Waals surface area contributed by atoms with Gasteiger partial charge in [-0.3, -0.25) is 4.79 Å². The van der Waals surface area contributed by atoms with Gasteiger partial charge in [-0.1, -0.05) is 36.4 Å². The fourth-order valence-electron chi connectivity index (χ4n) is 2.20. The van der Waals surface area contributed by atoms with E-state index < -0.39 is 0 Å². The van der Waals surface area contributed by atoms with Gasteiger partial charge in [-0.2, -0.15) is 5.10 Å². The highest BCUT2D eigenvalue weighted by atomic mass is 16.2. The number of rotatable bonds is 3. The van der Waals surface area contributed by atoms with Gasteiger partial charge < -0.3 is 0 Å². The molecule has 0 fully saturated rings. The van der Waals surface area contributed by atoms with Gasteiger partial charge in [0.2, 0.25) is 0 Å². The van der Waals surface area contributed by atoms with Gasteiger partial charge >= 0.3 is 0 Å². The minimum Gasteiger partial charge on any atom is -0.267 e. The fourth-order valence-corrected chi connectivity index (χ4v) is 2.20. The Balaban J connectivity index is 2.07. The summed E-state index contributed by atoms with van der Waals surface area (Å²) in [6.07, 6.45) is 4.01. The summed E-state index contributed by atoms with van der Waals surface area (Å²) in [7, 11) is 0. The van der Waals surface area contributed by atoms with Crippen molar-refractivity contribution in [2.24, 2.45) is 11.0 Å². The Morgan fingerprint density at radius 1 is 1.35 bits per heavy atom. The first-order valence-corrected chi connectivity index (χ1v) is 6.82. The third-order valence-corrected chi connectivity index (χ3v) is 3.63. The first-order valence-electron chi connectivity index (χ1n) is 6.82. The second-order valence-electron chi connectivity index (χ2n) is 5.24. The second-order valence-corrected chi connectivity index (χ2v) is 5.24. The van der Waals surface area contributed by atoms with Gasteiger partial charge in [0.1, 0.15) is 0 Å². The van der Waals surface area contributed by atoms with Crippen molar-refractivity contribution >= 4 is 11.6 Å². The molecule has 104 valence electrons. The summed E-state index contributed by atoms with van der Waals surface area (Å²) in [6, 6.07) is 9.11. The van der Waals surface area contributed by atoms with E-state index in [4.69, 9.17) is 0 Å². The van der Waals surface area contributed by atoms with E-state index in [2.05, 4.69) is 23.2 Å². The van der Waals surface area contributed by atoms with Crippen molar-refractivity contribution in [1.82, 2.24) is 5.43 Å². The van der Waals surface area contributed by atoms with Gasteiger partial charge in [-0.05, 0) is 50.3 Å². The van der Waals surface area contributed by atoms with Crippen molar-refractivity contribution in [3.63, 3.8) is 0 Å². The molecule has 1 aromatic carbocycles. The Morgan fingerprint density at radius 2 is 2.05 bits per heavy atom. The summed E-state index contributed by atoms with van der Waals surface area (Å²) in [5, 5.41) is 4.28. The summed E-state index contributed by atoms with van der Waals surface area (Å²) in [6.45, 7) is 8.08. The molecule has 1 aliphatic rings. The van der Waals surface area contributed by atoms with Crippen LogP contribution in [0, 0.1) is 5.92 Å². The van der Waals surface area contributed by atoms with Gasteiger partial charge in [0, 0.05) is 5.56 Å². The van der Waals surface area contributed by atoms with E-state index in [1.165, 1.54) is 0 Å². The summed E-state index contributed by atoms with van der Waals surface area (Å²) < 4.78 is 0. The largest absolute Gasteiger partial charge is 0.271 e. The number of hydrogen-bond donors (Lipinski definition) is 1. The average Bonchev–Trinajstić information content (AvgIpc) is 2.46. The molecule has 1 aromatic rings. The van der Waals surface area contributed by atoms with Crippen molar-refractivity contribution in [1.29, 1.82) is 0 Å². The van der Waals surface area contributed by atoms with Crippen molar-refractivity contribution in [3.8, 4) is 0 Å². The van der Waals surface area contributed by atoms with Crippen molar-refractivity contribution in [3.05, 3.63) is 59.7 Å². The van der Waals surface area contributed by atoms with Crippen molar-refractivity contribution < 1.29 is 4.79 Å². The van der Waals surface area contributed by atoms with Crippen molar-refractivity contribution in [2.75, 3.05) is 0 Å². The topological polar surface area (TPSA) is 41.5 Å². The Hall–Kier alpha value is -2.16. The van der Waals surface area contributed by atoms with E-state index in [0.717, 1.165) is 29.7 Å². The van der Waals surface area contributed by atoms with Crippen LogP contribution in [-0.2, 0) is 0 Å². The molecule has 0 spiro atoms. The van der Waals surface area contributed by atoms with Crippen LogP contribution in [0.4, 0.5) is 0 Å². The molecule has 3 nitrogen and oxygen atoms in total. The minimum atomic E-state index is -0.177. The molecule has 3 heteroatoms. The van der Waals surface area contributed by atoms with Gasteiger partial charge in [0.05, 0.1) is 5.71 Å². The normalized spacial score (nSPS) is 20.4. The molecule has 1 aliphatic carbocycles. The molecule has 1 amide bonds. The minimum absolute atomic E-state index is 0.177. The molecule has 1 atom stereocenters. The summed E-state index contributed by atoms with van der Waals surface area (Å²) in [5.41, 5.74) is 6.49. The third-order valence-electron chi connectivity index (χ3n) is 3.63. The van der Waals surface area contributed by atoms with Crippen LogP contribution >= 0.6 is 0 Å². The lowest BCUT2D eigenvalue weighted by atomic mass is 9.85. The number of benzene rings is 1. The van der Waals surface area contributed by atoms with Crippen LogP contribution in [0.2, 0.25) is 0 Å². The molecule has 0 saturated carbocycles. The van der Waals surface area contributed by atoms with Crippen LogP contribution in [-0.4, -0.2) is 11.6 Å². The molecule has 0 aromatic heterocycles. The lowest BCUT2D eigenvalue weighted by molar-refractivity contribution is 0.0954. The quantitative estimate of drug-likeness (QED) is 0.659. The van der Waals surface area contributed by atoms with E-state index in [0.29, 0.717) is 11.5 Å². The van der Waals surface area contributed by atoms with Gasteiger partial charge in [-0.25, -0.2) is 5.43 Å². The molecule has 0 unspecified atom stereocenters. The maximum absolute atomic E-state index is 12.0. The van der Waals surface area contributed by atoms with E-state index in [1.54, 1.807) is 12.1 Å². The highest BCUT2D eigenvalue weighted by Crippen LogP contribution is 2.26. The predicted octanol–water partition coefficient (Wildman–Crippen LogP) is 3.70. The molecule has 0 radical (unpaired) electrons. The molecular weight excluding hydrogens is 248 g/mol. The Morgan fingerprint density at radius 3 is 2.70 bits per heavy atom. The van der Waals surface area contributed by atoms with Crippen LogP contribution in [0.5, 0.6) is 0 Å². The molecule has 0 heterocycles. The van der Waals surface area contributed by atoms with Crippen molar-refractivity contribution in [2.45, 2.75) is 26.7 Å². The number of nitrogens with one attached hydrogen (secondary N) is 1. The van der Waals surface area contributed by atoms with Crippen LogP contribution in [0.25, 0.3) is 0 Å². The average molecular weight is 268 g/mol. The van der Waals surface area contributed by atoms with Crippen LogP contribution in [0.15, 0.2) is 59.2 Å². The molecule has 0 aliphatic heterocycles. The van der Waals surface area contributed by atoms with Gasteiger partial charge in [-0.15, -0.1) is 0 Å². The molecular formula is C17H20N2O. The van der Waals surface area contributed by atoms with E-state index in [1.807, 2.05) is 32.0 Å². The molecule has 2 rings (SSSR count). The zero-order valence-corrected chi connectivity index (χ0v) is 12.0. The Bertz CT molecular complexity index is 570. The fraction of sp³-hybridized carbons (Fsp3) is 0.294. The number of hydrogen-bond acceptors (Lipinski definition) is 2. The SMILES string of the molecule is C=C(C)[C@H]1CC=C(C)/C(=N\NC(=O)c2ccccc2)C1. The maximum atomic E-state index is 12.0.